The van der Waals surface area contributed by atoms with Crippen LogP contribution in [0, 0.1) is 6.92 Å². The van der Waals surface area contributed by atoms with Gasteiger partial charge in [-0.25, -0.2) is 9.97 Å². The van der Waals surface area contributed by atoms with E-state index in [4.69, 9.17) is 14.5 Å². The Hall–Kier alpha value is -1.95. The van der Waals surface area contributed by atoms with E-state index in [2.05, 4.69) is 21.0 Å². The van der Waals surface area contributed by atoms with Crippen LogP contribution in [0.25, 0.3) is 0 Å². The van der Waals surface area contributed by atoms with Crippen molar-refractivity contribution in [1.82, 2.24) is 20.0 Å². The number of anilines is 1. The lowest BCUT2D eigenvalue weighted by molar-refractivity contribution is 0.241. The van der Waals surface area contributed by atoms with Crippen molar-refractivity contribution in [3.8, 4) is 0 Å². The molecule has 3 fully saturated rings. The molecule has 0 radical (unpaired) electrons. The maximum absolute atomic E-state index is 5.19. The monoisotopic (exact) mass is 353 g/mol. The minimum atomic E-state index is 0.616. The van der Waals surface area contributed by atoms with Gasteiger partial charge in [-0.1, -0.05) is 11.6 Å². The summed E-state index contributed by atoms with van der Waals surface area (Å²) in [6, 6.07) is 4.30. The summed E-state index contributed by atoms with van der Waals surface area (Å²) in [5, 5.41) is 4.12. The summed E-state index contributed by atoms with van der Waals surface area (Å²) in [6.45, 7) is 6.92. The summed E-state index contributed by atoms with van der Waals surface area (Å²) in [5.74, 6) is 4.43. The van der Waals surface area contributed by atoms with Gasteiger partial charge in [0.05, 0.1) is 5.69 Å². The number of rotatable bonds is 5. The predicted molar refractivity (Wildman–Crippen MR) is 99.3 cm³/mol. The fourth-order valence-corrected chi connectivity index (χ4v) is 3.93. The molecular weight excluding hydrogens is 326 g/mol. The highest BCUT2D eigenvalue weighted by Gasteiger charge is 2.31. The zero-order valence-electron chi connectivity index (χ0n) is 15.5. The van der Waals surface area contributed by atoms with Gasteiger partial charge < -0.3 is 9.42 Å². The van der Waals surface area contributed by atoms with Crippen molar-refractivity contribution < 1.29 is 4.52 Å². The van der Waals surface area contributed by atoms with Crippen molar-refractivity contribution in [3.05, 3.63) is 35.1 Å². The van der Waals surface area contributed by atoms with E-state index in [-0.39, 0.29) is 0 Å². The maximum Gasteiger partial charge on any atom is 0.134 e. The highest BCUT2D eigenvalue weighted by atomic mass is 16.5. The van der Waals surface area contributed by atoms with Gasteiger partial charge in [-0.2, -0.15) is 0 Å². The molecule has 26 heavy (non-hydrogen) atoms. The van der Waals surface area contributed by atoms with Gasteiger partial charge in [-0.3, -0.25) is 4.90 Å². The Morgan fingerprint density at radius 2 is 1.81 bits per heavy atom. The second-order valence-corrected chi connectivity index (χ2v) is 8.10. The molecule has 0 unspecified atom stereocenters. The number of hydrogen-bond donors (Lipinski definition) is 0. The molecule has 0 N–H and O–H groups in total. The first-order valence-corrected chi connectivity index (χ1v) is 10.0. The molecule has 5 rings (SSSR count). The Morgan fingerprint density at radius 3 is 2.42 bits per heavy atom. The Labute approximate surface area is 154 Å². The third kappa shape index (κ3) is 3.34. The first-order valence-electron chi connectivity index (χ1n) is 10.0. The van der Waals surface area contributed by atoms with Crippen molar-refractivity contribution in [1.29, 1.82) is 0 Å². The topological polar surface area (TPSA) is 58.3 Å². The van der Waals surface area contributed by atoms with Crippen LogP contribution in [0.15, 0.2) is 16.7 Å². The van der Waals surface area contributed by atoms with Gasteiger partial charge in [-0.05, 0) is 32.6 Å². The van der Waals surface area contributed by atoms with Crippen LogP contribution in [0.1, 0.15) is 66.9 Å². The lowest BCUT2D eigenvalue weighted by Gasteiger charge is -2.35. The quantitative estimate of drug-likeness (QED) is 0.822. The standard InChI is InChI=1S/C20H27N5O/c1-14-11-17(23-26-14)13-24-7-9-25(10-8-24)19-12-18(15-3-2-4-15)21-20(22-19)16-5-6-16/h11-12,15-16H,2-10,13H2,1H3. The summed E-state index contributed by atoms with van der Waals surface area (Å²) >= 11 is 0. The summed E-state index contributed by atoms with van der Waals surface area (Å²) in [4.78, 5) is 14.8. The Morgan fingerprint density at radius 1 is 1.00 bits per heavy atom. The molecule has 6 nitrogen and oxygen atoms in total. The van der Waals surface area contributed by atoms with E-state index >= 15 is 0 Å². The molecule has 2 saturated carbocycles. The van der Waals surface area contributed by atoms with Crippen LogP contribution in [0.4, 0.5) is 5.82 Å². The van der Waals surface area contributed by atoms with E-state index in [0.29, 0.717) is 11.8 Å². The summed E-state index contributed by atoms with van der Waals surface area (Å²) in [6.07, 6.45) is 6.47. The molecule has 138 valence electrons. The Kier molecular flexibility index (Phi) is 4.15. The molecule has 3 heterocycles. The highest BCUT2D eigenvalue weighted by Crippen LogP contribution is 2.41. The van der Waals surface area contributed by atoms with Gasteiger partial charge in [0.1, 0.15) is 17.4 Å². The van der Waals surface area contributed by atoms with E-state index in [1.165, 1.54) is 37.8 Å². The molecule has 0 spiro atoms. The van der Waals surface area contributed by atoms with Gasteiger partial charge in [0, 0.05) is 62.4 Å². The molecule has 1 aliphatic heterocycles. The average Bonchev–Trinajstić information content (AvgIpc) is 3.37. The molecule has 2 aromatic rings. The van der Waals surface area contributed by atoms with Crippen molar-refractivity contribution in [2.45, 2.75) is 57.4 Å². The molecule has 2 aromatic heterocycles. The maximum atomic E-state index is 5.19. The van der Waals surface area contributed by atoms with Gasteiger partial charge in [0.2, 0.25) is 0 Å². The second-order valence-electron chi connectivity index (χ2n) is 8.10. The number of nitrogens with zero attached hydrogens (tertiary/aromatic N) is 5. The van der Waals surface area contributed by atoms with E-state index < -0.39 is 0 Å². The van der Waals surface area contributed by atoms with Crippen LogP contribution >= 0.6 is 0 Å². The van der Waals surface area contributed by atoms with Gasteiger partial charge in [0.25, 0.3) is 0 Å². The zero-order valence-corrected chi connectivity index (χ0v) is 15.5. The normalized spacial score (nSPS) is 21.8. The smallest absolute Gasteiger partial charge is 0.134 e. The lowest BCUT2D eigenvalue weighted by Crippen LogP contribution is -2.46. The fourth-order valence-electron chi connectivity index (χ4n) is 3.93. The first-order chi connectivity index (χ1) is 12.7. The van der Waals surface area contributed by atoms with E-state index in [0.717, 1.165) is 55.8 Å². The summed E-state index contributed by atoms with van der Waals surface area (Å²) < 4.78 is 5.19. The van der Waals surface area contributed by atoms with Crippen LogP contribution in [-0.4, -0.2) is 46.2 Å². The molecule has 3 aliphatic rings. The van der Waals surface area contributed by atoms with Crippen molar-refractivity contribution in [2.75, 3.05) is 31.1 Å². The summed E-state index contributed by atoms with van der Waals surface area (Å²) in [5.41, 5.74) is 2.32. The van der Waals surface area contributed by atoms with Crippen molar-refractivity contribution in [2.24, 2.45) is 0 Å². The van der Waals surface area contributed by atoms with Gasteiger partial charge in [0.15, 0.2) is 0 Å². The van der Waals surface area contributed by atoms with Gasteiger partial charge >= 0.3 is 0 Å². The molecule has 0 atom stereocenters. The molecule has 0 aromatic carbocycles. The molecule has 0 bridgehead atoms. The Bertz CT molecular complexity index is 772. The van der Waals surface area contributed by atoms with Crippen LogP contribution < -0.4 is 4.90 Å². The fraction of sp³-hybridized carbons (Fsp3) is 0.650. The second kappa shape index (κ2) is 6.65. The summed E-state index contributed by atoms with van der Waals surface area (Å²) in [7, 11) is 0. The molecular formula is C20H27N5O. The van der Waals surface area contributed by atoms with Crippen LogP contribution in [0.3, 0.4) is 0 Å². The largest absolute Gasteiger partial charge is 0.361 e. The van der Waals surface area contributed by atoms with Gasteiger partial charge in [-0.15, -0.1) is 0 Å². The first kappa shape index (κ1) is 16.2. The minimum Gasteiger partial charge on any atom is -0.361 e. The zero-order chi connectivity index (χ0) is 17.5. The van der Waals surface area contributed by atoms with Crippen molar-refractivity contribution in [3.63, 3.8) is 0 Å². The number of aromatic nitrogens is 3. The van der Waals surface area contributed by atoms with Crippen LogP contribution in [0.5, 0.6) is 0 Å². The molecule has 6 heteroatoms. The highest BCUT2D eigenvalue weighted by molar-refractivity contribution is 5.42. The predicted octanol–water partition coefficient (Wildman–Crippen LogP) is 3.24. The third-order valence-corrected chi connectivity index (χ3v) is 5.97. The Balaban J connectivity index is 1.27. The number of piperazine rings is 1. The van der Waals surface area contributed by atoms with Crippen molar-refractivity contribution >= 4 is 5.82 Å². The minimum absolute atomic E-state index is 0.616. The SMILES string of the molecule is Cc1cc(CN2CCN(c3cc(C4CCC4)nc(C4CC4)n3)CC2)no1. The molecule has 0 amide bonds. The van der Waals surface area contributed by atoms with E-state index in [9.17, 15) is 0 Å². The van der Waals surface area contributed by atoms with Crippen LogP contribution in [0.2, 0.25) is 0 Å². The van der Waals surface area contributed by atoms with E-state index in [1.807, 2.05) is 13.0 Å². The lowest BCUT2D eigenvalue weighted by atomic mass is 9.83. The molecule has 1 saturated heterocycles. The third-order valence-electron chi connectivity index (χ3n) is 5.97. The van der Waals surface area contributed by atoms with E-state index in [1.54, 1.807) is 0 Å². The number of hydrogen-bond acceptors (Lipinski definition) is 6. The van der Waals surface area contributed by atoms with Crippen LogP contribution in [-0.2, 0) is 6.54 Å². The number of aryl methyl sites for hydroxylation is 1. The average molecular weight is 353 g/mol. The molecule has 2 aliphatic carbocycles.